The third-order valence-electron chi connectivity index (χ3n) is 5.03. The molecule has 0 amide bonds. The highest BCUT2D eigenvalue weighted by Gasteiger charge is 2.14. The molecule has 0 spiro atoms. The van der Waals surface area contributed by atoms with Crippen LogP contribution in [0.4, 0.5) is 14.5 Å². The number of para-hydroxylation sites is 2. The van der Waals surface area contributed by atoms with Gasteiger partial charge in [-0.1, -0.05) is 42.5 Å². The lowest BCUT2D eigenvalue weighted by atomic mass is 10.1. The summed E-state index contributed by atoms with van der Waals surface area (Å²) in [4.78, 5) is 6.95. The van der Waals surface area contributed by atoms with Crippen LogP contribution in [0.2, 0.25) is 0 Å². The van der Waals surface area contributed by atoms with Gasteiger partial charge in [-0.25, -0.2) is 8.78 Å². The Labute approximate surface area is 199 Å². The predicted molar refractivity (Wildman–Crippen MR) is 132 cm³/mol. The number of halogens is 4. The normalized spacial score (nSPS) is 12.8. The summed E-state index contributed by atoms with van der Waals surface area (Å²) in [5.74, 6) is -1.07. The number of nitrogens with zero attached hydrogens (tertiary/aromatic N) is 2. The Balaban J connectivity index is 0.00000181. The molecule has 3 aromatic rings. The number of anilines is 1. The molecule has 1 aliphatic rings. The Kier molecular flexibility index (Phi) is 9.24. The van der Waals surface area contributed by atoms with Crippen LogP contribution in [-0.2, 0) is 6.61 Å². The maximum Gasteiger partial charge on any atom is 0.159 e. The van der Waals surface area contributed by atoms with Crippen LogP contribution in [-0.4, -0.2) is 25.8 Å². The predicted octanol–water partition coefficient (Wildman–Crippen LogP) is 6.34. The van der Waals surface area contributed by atoms with Crippen molar-refractivity contribution in [1.82, 2.24) is 0 Å². The lowest BCUT2D eigenvalue weighted by Gasteiger charge is -2.18. The Morgan fingerprint density at radius 1 is 0.938 bits per heavy atom. The van der Waals surface area contributed by atoms with E-state index in [1.807, 2.05) is 48.6 Å². The molecule has 0 atom stereocenters. The molecule has 0 fully saturated rings. The summed E-state index contributed by atoms with van der Waals surface area (Å²) in [5, 5.41) is 0. The number of likely N-dealkylation sites (N-methyl/N-ethyl adjacent to an activating group) is 1. The van der Waals surface area contributed by atoms with Gasteiger partial charge in [0, 0.05) is 30.4 Å². The van der Waals surface area contributed by atoms with Crippen LogP contribution in [0.25, 0.3) is 6.08 Å². The average molecular weight is 477 g/mol. The summed E-state index contributed by atoms with van der Waals surface area (Å²) in [5.41, 5.74) is 4.62. The Morgan fingerprint density at radius 2 is 1.69 bits per heavy atom. The number of aliphatic imine (C=N–C) groups is 1. The SMILES string of the molecule is CN1CCN=C(C=Cc2ccccc2OCc2ccc(F)c(F)c2)c2ccccc21.Cl.Cl. The minimum Gasteiger partial charge on any atom is -0.488 e. The van der Waals surface area contributed by atoms with Gasteiger partial charge < -0.3 is 9.64 Å². The molecule has 0 aliphatic carbocycles. The summed E-state index contributed by atoms with van der Waals surface area (Å²) in [7, 11) is 2.07. The maximum absolute atomic E-state index is 13.4. The fourth-order valence-electron chi connectivity index (χ4n) is 3.40. The van der Waals surface area contributed by atoms with Crippen molar-refractivity contribution in [3.63, 3.8) is 0 Å². The number of rotatable bonds is 5. The number of ether oxygens (including phenoxy) is 1. The van der Waals surface area contributed by atoms with E-state index in [4.69, 9.17) is 9.73 Å². The Morgan fingerprint density at radius 3 is 2.50 bits per heavy atom. The minimum atomic E-state index is -0.876. The van der Waals surface area contributed by atoms with E-state index in [1.165, 1.54) is 6.07 Å². The van der Waals surface area contributed by atoms with Crippen LogP contribution in [0.5, 0.6) is 5.75 Å². The van der Waals surface area contributed by atoms with Gasteiger partial charge in [-0.05, 0) is 42.0 Å². The molecule has 0 unspecified atom stereocenters. The Bertz CT molecular complexity index is 1120. The zero-order valence-corrected chi connectivity index (χ0v) is 19.1. The molecule has 32 heavy (non-hydrogen) atoms. The van der Waals surface area contributed by atoms with Crippen molar-refractivity contribution < 1.29 is 13.5 Å². The molecule has 0 saturated carbocycles. The first-order valence-corrected chi connectivity index (χ1v) is 9.80. The van der Waals surface area contributed by atoms with Crippen molar-refractivity contribution in [2.24, 2.45) is 4.99 Å². The molecule has 3 nitrogen and oxygen atoms in total. The first-order valence-electron chi connectivity index (χ1n) is 9.80. The third kappa shape index (κ3) is 5.87. The molecule has 0 radical (unpaired) electrons. The number of benzodiazepines with no additional fused rings is 1. The van der Waals surface area contributed by atoms with Crippen molar-refractivity contribution in [2.45, 2.75) is 6.61 Å². The molecule has 1 aliphatic heterocycles. The molecule has 0 N–H and O–H groups in total. The minimum absolute atomic E-state index is 0. The van der Waals surface area contributed by atoms with Gasteiger partial charge in [0.1, 0.15) is 12.4 Å². The number of fused-ring (bicyclic) bond motifs is 1. The van der Waals surface area contributed by atoms with E-state index in [0.717, 1.165) is 47.7 Å². The molecule has 3 aromatic carbocycles. The summed E-state index contributed by atoms with van der Waals surface area (Å²) in [6.45, 7) is 1.73. The van der Waals surface area contributed by atoms with Crippen molar-refractivity contribution >= 4 is 42.3 Å². The second-order valence-electron chi connectivity index (χ2n) is 7.11. The summed E-state index contributed by atoms with van der Waals surface area (Å²) >= 11 is 0. The van der Waals surface area contributed by atoms with Crippen LogP contribution in [0.15, 0.2) is 77.8 Å². The van der Waals surface area contributed by atoms with Crippen LogP contribution in [0, 0.1) is 11.6 Å². The standard InChI is InChI=1S/C25H22F2N2O.2ClH/c1-29-15-14-28-23(20-7-3-4-8-24(20)29)13-11-19-6-2-5-9-25(19)30-17-18-10-12-21(26)22(27)16-18;;/h2-13,16H,14-15,17H2,1H3;2*1H. The summed E-state index contributed by atoms with van der Waals surface area (Å²) < 4.78 is 32.4. The Hall–Kier alpha value is -2.89. The molecule has 0 bridgehead atoms. The van der Waals surface area contributed by atoms with Gasteiger partial charge in [0.15, 0.2) is 11.6 Å². The average Bonchev–Trinajstić information content (AvgIpc) is 2.92. The second kappa shape index (κ2) is 11.7. The van der Waals surface area contributed by atoms with Crippen LogP contribution in [0.3, 0.4) is 0 Å². The van der Waals surface area contributed by atoms with Gasteiger partial charge in [0.2, 0.25) is 0 Å². The van der Waals surface area contributed by atoms with E-state index in [2.05, 4.69) is 24.1 Å². The second-order valence-corrected chi connectivity index (χ2v) is 7.11. The van der Waals surface area contributed by atoms with Crippen molar-refractivity contribution in [3.8, 4) is 5.75 Å². The quantitative estimate of drug-likeness (QED) is 0.429. The molecule has 7 heteroatoms. The molecular formula is C25H24Cl2F2N2O. The molecule has 0 saturated heterocycles. The van der Waals surface area contributed by atoms with Crippen molar-refractivity contribution in [1.29, 1.82) is 0 Å². The van der Waals surface area contributed by atoms with Crippen LogP contribution < -0.4 is 9.64 Å². The lowest BCUT2D eigenvalue weighted by molar-refractivity contribution is 0.304. The monoisotopic (exact) mass is 476 g/mol. The van der Waals surface area contributed by atoms with E-state index in [1.54, 1.807) is 0 Å². The number of hydrogen-bond donors (Lipinski definition) is 0. The smallest absolute Gasteiger partial charge is 0.159 e. The highest BCUT2D eigenvalue weighted by atomic mass is 35.5. The summed E-state index contributed by atoms with van der Waals surface area (Å²) in [6.07, 6.45) is 3.97. The fourth-order valence-corrected chi connectivity index (χ4v) is 3.40. The van der Waals surface area contributed by atoms with Crippen molar-refractivity contribution in [2.75, 3.05) is 25.0 Å². The van der Waals surface area contributed by atoms with E-state index in [-0.39, 0.29) is 31.4 Å². The summed E-state index contributed by atoms with van der Waals surface area (Å²) in [6, 6.07) is 19.6. The molecule has 4 rings (SSSR count). The fraction of sp³-hybridized carbons (Fsp3) is 0.160. The first kappa shape index (κ1) is 25.4. The molecule has 168 valence electrons. The molecule has 0 aromatic heterocycles. The maximum atomic E-state index is 13.4. The highest BCUT2D eigenvalue weighted by Crippen LogP contribution is 2.25. The number of benzene rings is 3. The highest BCUT2D eigenvalue weighted by molar-refractivity contribution is 6.14. The zero-order chi connectivity index (χ0) is 20.9. The van der Waals surface area contributed by atoms with Gasteiger partial charge in [0.05, 0.1) is 12.3 Å². The van der Waals surface area contributed by atoms with E-state index < -0.39 is 11.6 Å². The van der Waals surface area contributed by atoms with E-state index in [0.29, 0.717) is 11.3 Å². The lowest BCUT2D eigenvalue weighted by Crippen LogP contribution is -2.20. The topological polar surface area (TPSA) is 24.8 Å². The van der Waals surface area contributed by atoms with Crippen LogP contribution in [0.1, 0.15) is 16.7 Å². The molecular weight excluding hydrogens is 453 g/mol. The number of hydrogen-bond acceptors (Lipinski definition) is 3. The van der Waals surface area contributed by atoms with Gasteiger partial charge in [-0.3, -0.25) is 4.99 Å². The van der Waals surface area contributed by atoms with Gasteiger partial charge in [0.25, 0.3) is 0 Å². The van der Waals surface area contributed by atoms with Crippen LogP contribution >= 0.6 is 24.8 Å². The van der Waals surface area contributed by atoms with Gasteiger partial charge in [-0.2, -0.15) is 0 Å². The zero-order valence-electron chi connectivity index (χ0n) is 17.5. The van der Waals surface area contributed by atoms with E-state index in [9.17, 15) is 8.78 Å². The number of allylic oxidation sites excluding steroid dienone is 1. The first-order chi connectivity index (χ1) is 14.6. The van der Waals surface area contributed by atoms with Crippen molar-refractivity contribution in [3.05, 3.63) is 101 Å². The van der Waals surface area contributed by atoms with Gasteiger partial charge >= 0.3 is 0 Å². The largest absolute Gasteiger partial charge is 0.488 e. The van der Waals surface area contributed by atoms with E-state index >= 15 is 0 Å². The third-order valence-corrected chi connectivity index (χ3v) is 5.03. The molecule has 1 heterocycles. The van der Waals surface area contributed by atoms with Gasteiger partial charge in [-0.15, -0.1) is 24.8 Å².